The summed E-state index contributed by atoms with van der Waals surface area (Å²) in [4.78, 5) is 0. The zero-order valence-electron chi connectivity index (χ0n) is 8.99. The van der Waals surface area contributed by atoms with E-state index in [0.717, 1.165) is 0 Å². The molecule has 0 bridgehead atoms. The average molecular weight is 302 g/mol. The fourth-order valence-corrected chi connectivity index (χ4v) is 3.08. The minimum atomic E-state index is -0.0585. The molecule has 0 aromatic heterocycles. The molecule has 0 saturated carbocycles. The number of benzene rings is 1. The van der Waals surface area contributed by atoms with Gasteiger partial charge >= 0.3 is 97.7 Å². The van der Waals surface area contributed by atoms with Crippen LogP contribution in [-0.2, 0) is 0 Å². The Hall–Kier alpha value is -0.250. The SMILES string of the molecule is CCCC/C=C/[Te]c1ccc(C)cc1. The summed E-state index contributed by atoms with van der Waals surface area (Å²) in [6.45, 7) is 4.38. The van der Waals surface area contributed by atoms with E-state index in [-0.39, 0.29) is 20.9 Å². The molecule has 76 valence electrons. The van der Waals surface area contributed by atoms with Crippen molar-refractivity contribution >= 4 is 24.5 Å². The van der Waals surface area contributed by atoms with Gasteiger partial charge in [0.2, 0.25) is 0 Å². The second-order valence-corrected chi connectivity index (χ2v) is 6.24. The molecule has 0 aliphatic rings. The maximum atomic E-state index is 2.41. The van der Waals surface area contributed by atoms with Gasteiger partial charge in [0, 0.05) is 0 Å². The van der Waals surface area contributed by atoms with Gasteiger partial charge in [-0.05, 0) is 0 Å². The first-order valence-electron chi connectivity index (χ1n) is 5.21. The minimum absolute atomic E-state index is 0.0585. The van der Waals surface area contributed by atoms with E-state index in [1.54, 1.807) is 0 Å². The van der Waals surface area contributed by atoms with Crippen LogP contribution < -0.4 is 3.61 Å². The average Bonchev–Trinajstić information content (AvgIpc) is 2.21. The third-order valence-electron chi connectivity index (χ3n) is 2.05. The molecule has 1 aromatic carbocycles. The molecule has 0 fully saturated rings. The van der Waals surface area contributed by atoms with Crippen molar-refractivity contribution in [1.29, 1.82) is 0 Å². The molecule has 0 radical (unpaired) electrons. The van der Waals surface area contributed by atoms with Crippen molar-refractivity contribution in [2.24, 2.45) is 0 Å². The first-order chi connectivity index (χ1) is 6.83. The molecular weight excluding hydrogens is 284 g/mol. The predicted octanol–water partition coefficient (Wildman–Crippen LogP) is 3.03. The van der Waals surface area contributed by atoms with Crippen LogP contribution in [0.2, 0.25) is 0 Å². The van der Waals surface area contributed by atoms with E-state index in [9.17, 15) is 0 Å². The molecule has 14 heavy (non-hydrogen) atoms. The second kappa shape index (κ2) is 7.10. The second-order valence-electron chi connectivity index (χ2n) is 3.44. The number of unbranched alkanes of at least 4 members (excludes halogenated alkanes) is 2. The molecule has 0 atom stereocenters. The van der Waals surface area contributed by atoms with E-state index in [2.05, 4.69) is 48.3 Å². The molecule has 0 unspecified atom stereocenters. The van der Waals surface area contributed by atoms with Crippen molar-refractivity contribution in [3.8, 4) is 0 Å². The van der Waals surface area contributed by atoms with Crippen molar-refractivity contribution in [2.75, 3.05) is 0 Å². The maximum absolute atomic E-state index is 2.41. The van der Waals surface area contributed by atoms with Gasteiger partial charge in [0.1, 0.15) is 0 Å². The predicted molar refractivity (Wildman–Crippen MR) is 65.2 cm³/mol. The van der Waals surface area contributed by atoms with Crippen molar-refractivity contribution < 1.29 is 0 Å². The van der Waals surface area contributed by atoms with Gasteiger partial charge in [0.15, 0.2) is 0 Å². The van der Waals surface area contributed by atoms with Crippen molar-refractivity contribution in [3.63, 3.8) is 0 Å². The van der Waals surface area contributed by atoms with Crippen molar-refractivity contribution in [1.82, 2.24) is 0 Å². The Morgan fingerprint density at radius 3 is 2.57 bits per heavy atom. The van der Waals surface area contributed by atoms with Gasteiger partial charge in [0.25, 0.3) is 0 Å². The van der Waals surface area contributed by atoms with E-state index in [4.69, 9.17) is 0 Å². The van der Waals surface area contributed by atoms with Crippen LogP contribution in [0, 0.1) is 6.92 Å². The number of allylic oxidation sites excluding steroid dienone is 1. The molecule has 0 aliphatic carbocycles. The quantitative estimate of drug-likeness (QED) is 0.579. The Balaban J connectivity index is 2.30. The molecule has 0 spiro atoms. The van der Waals surface area contributed by atoms with E-state index < -0.39 is 0 Å². The van der Waals surface area contributed by atoms with Gasteiger partial charge < -0.3 is 0 Å². The zero-order chi connectivity index (χ0) is 10.2. The monoisotopic (exact) mass is 304 g/mol. The van der Waals surface area contributed by atoms with Gasteiger partial charge in [-0.3, -0.25) is 0 Å². The molecule has 0 nitrogen and oxygen atoms in total. The van der Waals surface area contributed by atoms with Crippen molar-refractivity contribution in [3.05, 3.63) is 40.0 Å². The number of hydrogen-bond donors (Lipinski definition) is 0. The fourth-order valence-electron chi connectivity index (χ4n) is 1.13. The summed E-state index contributed by atoms with van der Waals surface area (Å²) in [5.41, 5.74) is 1.36. The number of aryl methyl sites for hydroxylation is 1. The van der Waals surface area contributed by atoms with Crippen LogP contribution in [0.25, 0.3) is 0 Å². The number of rotatable bonds is 5. The van der Waals surface area contributed by atoms with Crippen LogP contribution in [-0.4, -0.2) is 20.9 Å². The molecule has 1 heteroatoms. The van der Waals surface area contributed by atoms with Gasteiger partial charge in [-0.25, -0.2) is 0 Å². The van der Waals surface area contributed by atoms with Crippen LogP contribution in [0.3, 0.4) is 0 Å². The molecular formula is C13H18Te. The Kier molecular flexibility index (Phi) is 5.99. The molecule has 0 aliphatic heterocycles. The molecule has 0 amide bonds. The van der Waals surface area contributed by atoms with E-state index >= 15 is 0 Å². The first kappa shape index (κ1) is 11.8. The molecule has 0 saturated heterocycles. The van der Waals surface area contributed by atoms with E-state index in [1.165, 1.54) is 28.4 Å². The third kappa shape index (κ3) is 4.84. The summed E-state index contributed by atoms with van der Waals surface area (Å²) in [6.07, 6.45) is 6.24. The Labute approximate surface area is 97.5 Å². The summed E-state index contributed by atoms with van der Waals surface area (Å²) in [5.74, 6) is 0. The van der Waals surface area contributed by atoms with Gasteiger partial charge in [-0.15, -0.1) is 0 Å². The topological polar surface area (TPSA) is 0 Å². The fraction of sp³-hybridized carbons (Fsp3) is 0.385. The van der Waals surface area contributed by atoms with Crippen LogP contribution in [0.5, 0.6) is 0 Å². The summed E-state index contributed by atoms with van der Waals surface area (Å²) >= 11 is -0.0585. The Morgan fingerprint density at radius 2 is 1.93 bits per heavy atom. The summed E-state index contributed by atoms with van der Waals surface area (Å²) in [5, 5.41) is 0. The summed E-state index contributed by atoms with van der Waals surface area (Å²) < 4.78 is 3.94. The molecule has 0 heterocycles. The number of hydrogen-bond acceptors (Lipinski definition) is 0. The first-order valence-corrected chi connectivity index (χ1v) is 7.72. The van der Waals surface area contributed by atoms with Gasteiger partial charge in [-0.1, -0.05) is 0 Å². The van der Waals surface area contributed by atoms with Gasteiger partial charge in [0.05, 0.1) is 0 Å². The zero-order valence-corrected chi connectivity index (χ0v) is 11.3. The third-order valence-corrected chi connectivity index (χ3v) is 4.54. The van der Waals surface area contributed by atoms with Gasteiger partial charge in [-0.2, -0.15) is 0 Å². The summed E-state index contributed by atoms with van der Waals surface area (Å²) in [7, 11) is 0. The van der Waals surface area contributed by atoms with Crippen molar-refractivity contribution in [2.45, 2.75) is 33.1 Å². The summed E-state index contributed by atoms with van der Waals surface area (Å²) in [6, 6.07) is 8.95. The Morgan fingerprint density at radius 1 is 1.21 bits per heavy atom. The Bertz CT molecular complexity index is 272. The normalized spacial score (nSPS) is 11.0. The van der Waals surface area contributed by atoms with Crippen LogP contribution >= 0.6 is 0 Å². The molecule has 1 rings (SSSR count). The van der Waals surface area contributed by atoms with E-state index in [1.807, 2.05) is 0 Å². The molecule has 1 aromatic rings. The van der Waals surface area contributed by atoms with Crippen LogP contribution in [0.15, 0.2) is 34.5 Å². The van der Waals surface area contributed by atoms with E-state index in [0.29, 0.717) is 0 Å². The van der Waals surface area contributed by atoms with Crippen LogP contribution in [0.4, 0.5) is 0 Å². The van der Waals surface area contributed by atoms with Crippen LogP contribution in [0.1, 0.15) is 31.7 Å². The standard InChI is InChI=1S/C13H18Te/c1-3-4-5-6-11-14-13-9-7-12(2)8-10-13/h6-11H,3-5H2,1-2H3/b11-6+. The molecule has 0 N–H and O–H groups in total.